The van der Waals surface area contributed by atoms with Gasteiger partial charge in [0.2, 0.25) is 5.16 Å². The molecule has 0 aliphatic carbocycles. The van der Waals surface area contributed by atoms with Gasteiger partial charge in [0.05, 0.1) is 10.7 Å². The van der Waals surface area contributed by atoms with Gasteiger partial charge in [-0.05, 0) is 25.1 Å². The number of nitrogens with zero attached hydrogens (tertiary/aromatic N) is 3. The first-order chi connectivity index (χ1) is 11.6. The normalized spacial score (nSPS) is 13.2. The SMILES string of the molecule is Cc1ccc(-c2nnc3n2NC(c2cc(Cl)ccc2Cl)=CS3)cc1. The zero-order valence-electron chi connectivity index (χ0n) is 12.6. The summed E-state index contributed by atoms with van der Waals surface area (Å²) in [6.45, 7) is 2.05. The van der Waals surface area contributed by atoms with E-state index in [1.807, 2.05) is 28.3 Å². The average Bonchev–Trinajstić information content (AvgIpc) is 3.01. The van der Waals surface area contributed by atoms with Crippen molar-refractivity contribution >= 4 is 40.7 Å². The lowest BCUT2D eigenvalue weighted by atomic mass is 10.1. The molecule has 0 radical (unpaired) electrons. The van der Waals surface area contributed by atoms with Gasteiger partial charge in [-0.25, -0.2) is 4.68 Å². The molecule has 3 aromatic rings. The number of hydrogen-bond acceptors (Lipinski definition) is 4. The van der Waals surface area contributed by atoms with E-state index in [2.05, 4.69) is 34.7 Å². The average molecular weight is 375 g/mol. The fourth-order valence-corrected chi connectivity index (χ4v) is 3.54. The van der Waals surface area contributed by atoms with E-state index in [1.165, 1.54) is 17.3 Å². The zero-order valence-corrected chi connectivity index (χ0v) is 15.0. The van der Waals surface area contributed by atoms with Crippen molar-refractivity contribution < 1.29 is 0 Å². The number of benzene rings is 2. The van der Waals surface area contributed by atoms with E-state index < -0.39 is 0 Å². The van der Waals surface area contributed by atoms with Crippen molar-refractivity contribution in [3.05, 3.63) is 69.0 Å². The summed E-state index contributed by atoms with van der Waals surface area (Å²) < 4.78 is 1.86. The lowest BCUT2D eigenvalue weighted by Gasteiger charge is -2.20. The summed E-state index contributed by atoms with van der Waals surface area (Å²) in [6, 6.07) is 13.6. The van der Waals surface area contributed by atoms with E-state index in [0.717, 1.165) is 27.8 Å². The van der Waals surface area contributed by atoms with Crippen LogP contribution in [-0.4, -0.2) is 14.9 Å². The number of halogens is 2. The molecule has 1 aliphatic heterocycles. The monoisotopic (exact) mass is 374 g/mol. The van der Waals surface area contributed by atoms with Crippen LogP contribution in [0.5, 0.6) is 0 Å². The Morgan fingerprint density at radius 3 is 2.62 bits per heavy atom. The van der Waals surface area contributed by atoms with Crippen LogP contribution < -0.4 is 5.43 Å². The summed E-state index contributed by atoms with van der Waals surface area (Å²) in [4.78, 5) is 0. The largest absolute Gasteiger partial charge is 0.289 e. The molecule has 0 saturated carbocycles. The number of nitrogens with one attached hydrogen (secondary N) is 1. The fourth-order valence-electron chi connectivity index (χ4n) is 2.42. The predicted octanol–water partition coefficient (Wildman–Crippen LogP) is 5.21. The zero-order chi connectivity index (χ0) is 16.7. The third kappa shape index (κ3) is 2.79. The first-order valence-corrected chi connectivity index (χ1v) is 8.87. The van der Waals surface area contributed by atoms with Crippen molar-refractivity contribution in [1.82, 2.24) is 14.9 Å². The molecule has 2 aromatic carbocycles. The highest BCUT2D eigenvalue weighted by Gasteiger charge is 2.20. The number of hydrogen-bond donors (Lipinski definition) is 1. The van der Waals surface area contributed by atoms with Crippen LogP contribution in [-0.2, 0) is 0 Å². The fraction of sp³-hybridized carbons (Fsp3) is 0.0588. The molecule has 0 spiro atoms. The minimum absolute atomic E-state index is 0.632. The van der Waals surface area contributed by atoms with Crippen molar-refractivity contribution in [2.75, 3.05) is 5.43 Å². The van der Waals surface area contributed by atoms with Crippen LogP contribution in [0.15, 0.2) is 53.0 Å². The molecule has 7 heteroatoms. The molecule has 120 valence electrons. The van der Waals surface area contributed by atoms with Gasteiger partial charge in [0.25, 0.3) is 0 Å². The summed E-state index contributed by atoms with van der Waals surface area (Å²) in [7, 11) is 0. The summed E-state index contributed by atoms with van der Waals surface area (Å²) >= 11 is 13.9. The smallest absolute Gasteiger partial charge is 0.214 e. The number of thioether (sulfide) groups is 1. The molecule has 4 rings (SSSR count). The maximum atomic E-state index is 6.32. The predicted molar refractivity (Wildman–Crippen MR) is 99.9 cm³/mol. The van der Waals surface area contributed by atoms with Gasteiger partial charge in [-0.15, -0.1) is 10.2 Å². The summed E-state index contributed by atoms with van der Waals surface area (Å²) in [5, 5.41) is 12.5. The maximum absolute atomic E-state index is 6.32. The molecular formula is C17H12Cl2N4S. The van der Waals surface area contributed by atoms with Crippen LogP contribution in [0.2, 0.25) is 10.0 Å². The second kappa shape index (κ2) is 6.16. The Bertz CT molecular complexity index is 948. The quantitative estimate of drug-likeness (QED) is 0.668. The second-order valence-electron chi connectivity index (χ2n) is 5.39. The van der Waals surface area contributed by atoms with E-state index in [0.29, 0.717) is 10.0 Å². The van der Waals surface area contributed by atoms with E-state index in [9.17, 15) is 0 Å². The summed E-state index contributed by atoms with van der Waals surface area (Å²) in [5.74, 6) is 0.751. The maximum Gasteiger partial charge on any atom is 0.214 e. The van der Waals surface area contributed by atoms with Gasteiger partial charge in [0, 0.05) is 21.6 Å². The van der Waals surface area contributed by atoms with Crippen molar-refractivity contribution in [3.63, 3.8) is 0 Å². The molecule has 0 bridgehead atoms. The van der Waals surface area contributed by atoms with Gasteiger partial charge < -0.3 is 0 Å². The van der Waals surface area contributed by atoms with E-state index in [-0.39, 0.29) is 0 Å². The standard InChI is InChI=1S/C17H12Cl2N4S/c1-10-2-4-11(5-3-10)16-20-21-17-23(16)22-15(9-24-17)13-8-12(18)6-7-14(13)19/h2-9,22H,1H3. The van der Waals surface area contributed by atoms with Crippen molar-refractivity contribution in [1.29, 1.82) is 0 Å². The van der Waals surface area contributed by atoms with E-state index >= 15 is 0 Å². The minimum atomic E-state index is 0.632. The third-order valence-electron chi connectivity index (χ3n) is 3.68. The second-order valence-corrected chi connectivity index (χ2v) is 7.07. The summed E-state index contributed by atoms with van der Waals surface area (Å²) in [5.41, 5.74) is 7.22. The molecule has 0 atom stereocenters. The topological polar surface area (TPSA) is 42.7 Å². The lowest BCUT2D eigenvalue weighted by Crippen LogP contribution is -2.18. The minimum Gasteiger partial charge on any atom is -0.289 e. The van der Waals surface area contributed by atoms with Gasteiger partial charge in [0.1, 0.15) is 0 Å². The van der Waals surface area contributed by atoms with E-state index in [1.54, 1.807) is 12.1 Å². The highest BCUT2D eigenvalue weighted by Crippen LogP contribution is 2.34. The number of aryl methyl sites for hydroxylation is 1. The molecule has 1 aromatic heterocycles. The third-order valence-corrected chi connectivity index (χ3v) is 5.07. The highest BCUT2D eigenvalue weighted by atomic mass is 35.5. The van der Waals surface area contributed by atoms with Gasteiger partial charge in [0.15, 0.2) is 5.82 Å². The highest BCUT2D eigenvalue weighted by molar-refractivity contribution is 8.02. The lowest BCUT2D eigenvalue weighted by molar-refractivity contribution is 0.826. The van der Waals surface area contributed by atoms with Crippen LogP contribution in [0.25, 0.3) is 17.1 Å². The van der Waals surface area contributed by atoms with Gasteiger partial charge >= 0.3 is 0 Å². The Kier molecular flexibility index (Phi) is 4.00. The Morgan fingerprint density at radius 2 is 1.83 bits per heavy atom. The Balaban J connectivity index is 1.73. The molecule has 0 amide bonds. The molecule has 0 saturated heterocycles. The Labute approximate surface area is 153 Å². The van der Waals surface area contributed by atoms with Crippen LogP contribution in [0, 0.1) is 6.92 Å². The van der Waals surface area contributed by atoms with Crippen LogP contribution in [0.3, 0.4) is 0 Å². The molecule has 0 unspecified atom stereocenters. The van der Waals surface area contributed by atoms with Crippen molar-refractivity contribution in [2.24, 2.45) is 0 Å². The number of rotatable bonds is 2. The molecule has 0 fully saturated rings. The first kappa shape index (κ1) is 15.6. The van der Waals surface area contributed by atoms with Crippen LogP contribution >= 0.6 is 35.0 Å². The number of aromatic nitrogens is 3. The molecule has 4 nitrogen and oxygen atoms in total. The van der Waals surface area contributed by atoms with E-state index in [4.69, 9.17) is 23.2 Å². The molecule has 1 N–H and O–H groups in total. The van der Waals surface area contributed by atoms with Crippen molar-refractivity contribution in [3.8, 4) is 11.4 Å². The number of fused-ring (bicyclic) bond motifs is 1. The molecular weight excluding hydrogens is 363 g/mol. The Hall–Kier alpha value is -1.95. The van der Waals surface area contributed by atoms with Gasteiger partial charge in [-0.1, -0.05) is 64.8 Å². The molecule has 24 heavy (non-hydrogen) atoms. The molecule has 2 heterocycles. The van der Waals surface area contributed by atoms with Crippen molar-refractivity contribution in [2.45, 2.75) is 12.1 Å². The summed E-state index contributed by atoms with van der Waals surface area (Å²) in [6.07, 6.45) is 0. The molecule has 1 aliphatic rings. The first-order valence-electron chi connectivity index (χ1n) is 7.23. The van der Waals surface area contributed by atoms with Crippen LogP contribution in [0.4, 0.5) is 0 Å². The Morgan fingerprint density at radius 1 is 1.04 bits per heavy atom. The van der Waals surface area contributed by atoms with Gasteiger partial charge in [-0.3, -0.25) is 5.43 Å². The van der Waals surface area contributed by atoms with Gasteiger partial charge in [-0.2, -0.15) is 0 Å². The van der Waals surface area contributed by atoms with Crippen LogP contribution in [0.1, 0.15) is 11.1 Å².